The lowest BCUT2D eigenvalue weighted by atomic mass is 10.4. The van der Waals surface area contributed by atoms with Crippen LogP contribution in [-0.4, -0.2) is 33.4 Å². The van der Waals surface area contributed by atoms with Crippen molar-refractivity contribution < 1.29 is 0 Å². The van der Waals surface area contributed by atoms with Crippen LogP contribution in [0.5, 0.6) is 0 Å². The molecule has 2 rings (SSSR count). The summed E-state index contributed by atoms with van der Waals surface area (Å²) in [6, 6.07) is 0. The van der Waals surface area contributed by atoms with Gasteiger partial charge in [0.15, 0.2) is 5.01 Å². The van der Waals surface area contributed by atoms with E-state index in [1.807, 2.05) is 7.05 Å². The highest BCUT2D eigenvalue weighted by atomic mass is 32.1. The van der Waals surface area contributed by atoms with Crippen LogP contribution in [0.25, 0.3) is 9.88 Å². The van der Waals surface area contributed by atoms with E-state index in [1.165, 1.54) is 11.5 Å². The molecule has 0 amide bonds. The Labute approximate surface area is 89.4 Å². The van der Waals surface area contributed by atoms with Gasteiger partial charge in [0, 0.05) is 13.0 Å². The first-order chi connectivity index (χ1) is 6.90. The molecule has 2 aromatic heterocycles. The predicted molar refractivity (Wildman–Crippen MR) is 56.4 cm³/mol. The Morgan fingerprint density at radius 3 is 3.07 bits per heavy atom. The molecule has 1 N–H and O–H groups in total. The molecule has 2 heterocycles. The summed E-state index contributed by atoms with van der Waals surface area (Å²) in [5.41, 5.74) is 0. The van der Waals surface area contributed by atoms with Gasteiger partial charge in [-0.3, -0.25) is 0 Å². The van der Waals surface area contributed by atoms with Crippen LogP contribution in [0, 0.1) is 0 Å². The zero-order chi connectivity index (χ0) is 9.80. The van der Waals surface area contributed by atoms with Crippen LogP contribution in [0.3, 0.4) is 0 Å². The summed E-state index contributed by atoms with van der Waals surface area (Å²) in [6.45, 7) is 0.926. The van der Waals surface area contributed by atoms with Crippen LogP contribution < -0.4 is 5.32 Å². The maximum absolute atomic E-state index is 4.09. The molecule has 74 valence electrons. The van der Waals surface area contributed by atoms with E-state index >= 15 is 0 Å². The lowest BCUT2D eigenvalue weighted by molar-refractivity contribution is 0.779. The Balaban J connectivity index is 2.10. The summed E-state index contributed by atoms with van der Waals surface area (Å²) in [4.78, 5) is 0.984. The number of hydrogen-bond donors (Lipinski definition) is 1. The summed E-state index contributed by atoms with van der Waals surface area (Å²) in [7, 11) is 1.93. The first-order valence-corrected chi connectivity index (χ1v) is 5.74. The van der Waals surface area contributed by atoms with Gasteiger partial charge in [-0.05, 0) is 18.6 Å². The number of nitrogens with zero attached hydrogens (tertiary/aromatic N) is 4. The zero-order valence-corrected chi connectivity index (χ0v) is 9.23. The maximum atomic E-state index is 4.09. The highest BCUT2D eigenvalue weighted by Gasteiger charge is 2.07. The summed E-state index contributed by atoms with van der Waals surface area (Å²) < 4.78 is 3.79. The summed E-state index contributed by atoms with van der Waals surface area (Å²) >= 11 is 2.94. The molecule has 0 spiro atoms. The standard InChI is InChI=1S/C7H9N5S2/c1-8-3-2-6-10-11-7(13-6)5-4-9-12-14-5/h4,8H,2-3H2,1H3. The van der Waals surface area contributed by atoms with Crippen molar-refractivity contribution >= 4 is 22.9 Å². The maximum Gasteiger partial charge on any atom is 0.161 e. The molecule has 0 fully saturated rings. The fourth-order valence-corrected chi connectivity index (χ4v) is 2.32. The SMILES string of the molecule is CNCCc1nnc(-c2cnns2)s1. The Morgan fingerprint density at radius 2 is 2.36 bits per heavy atom. The zero-order valence-electron chi connectivity index (χ0n) is 7.60. The summed E-state index contributed by atoms with van der Waals surface area (Å²) in [5, 5.41) is 17.0. The van der Waals surface area contributed by atoms with Gasteiger partial charge in [0.2, 0.25) is 0 Å². The number of hydrogen-bond acceptors (Lipinski definition) is 7. The van der Waals surface area contributed by atoms with E-state index in [-0.39, 0.29) is 0 Å². The van der Waals surface area contributed by atoms with E-state index in [0.29, 0.717) is 0 Å². The van der Waals surface area contributed by atoms with E-state index in [4.69, 9.17) is 0 Å². The van der Waals surface area contributed by atoms with Gasteiger partial charge in [-0.1, -0.05) is 15.8 Å². The second-order valence-electron chi connectivity index (χ2n) is 2.64. The van der Waals surface area contributed by atoms with Crippen molar-refractivity contribution in [2.45, 2.75) is 6.42 Å². The Morgan fingerprint density at radius 1 is 1.43 bits per heavy atom. The van der Waals surface area contributed by atoms with Crippen molar-refractivity contribution in [3.63, 3.8) is 0 Å². The second kappa shape index (κ2) is 4.54. The predicted octanol–water partition coefficient (Wildman–Crippen LogP) is 0.819. The molecular weight excluding hydrogens is 218 g/mol. The van der Waals surface area contributed by atoms with Crippen LogP contribution in [-0.2, 0) is 6.42 Å². The van der Waals surface area contributed by atoms with Crippen LogP contribution >= 0.6 is 22.9 Å². The van der Waals surface area contributed by atoms with E-state index < -0.39 is 0 Å². The van der Waals surface area contributed by atoms with Crippen LogP contribution in [0.4, 0.5) is 0 Å². The Bertz CT molecular complexity index is 382. The number of nitrogens with one attached hydrogen (secondary N) is 1. The van der Waals surface area contributed by atoms with Gasteiger partial charge in [-0.25, -0.2) is 0 Å². The minimum Gasteiger partial charge on any atom is -0.319 e. The molecule has 0 aliphatic heterocycles. The van der Waals surface area contributed by atoms with Crippen molar-refractivity contribution in [3.05, 3.63) is 11.2 Å². The highest BCUT2D eigenvalue weighted by molar-refractivity contribution is 7.19. The molecule has 0 aliphatic carbocycles. The molecule has 0 saturated carbocycles. The van der Waals surface area contributed by atoms with Crippen molar-refractivity contribution in [1.82, 2.24) is 25.1 Å². The monoisotopic (exact) mass is 227 g/mol. The largest absolute Gasteiger partial charge is 0.319 e. The average Bonchev–Trinajstić information content (AvgIpc) is 2.85. The molecule has 14 heavy (non-hydrogen) atoms. The fraction of sp³-hybridized carbons (Fsp3) is 0.429. The molecule has 0 radical (unpaired) electrons. The van der Waals surface area contributed by atoms with Crippen LogP contribution in [0.2, 0.25) is 0 Å². The Hall–Kier alpha value is -0.920. The van der Waals surface area contributed by atoms with E-state index in [9.17, 15) is 0 Å². The first kappa shape index (κ1) is 9.63. The molecule has 0 saturated heterocycles. The summed E-state index contributed by atoms with van der Waals surface area (Å²) in [6.07, 6.45) is 2.63. The molecule has 0 unspecified atom stereocenters. The van der Waals surface area contributed by atoms with Crippen molar-refractivity contribution in [2.24, 2.45) is 0 Å². The van der Waals surface area contributed by atoms with E-state index in [1.54, 1.807) is 17.5 Å². The molecule has 0 aromatic carbocycles. The minimum absolute atomic E-state index is 0.908. The molecule has 7 heteroatoms. The Kier molecular flexibility index (Phi) is 3.12. The molecule has 2 aromatic rings. The second-order valence-corrected chi connectivity index (χ2v) is 4.48. The van der Waals surface area contributed by atoms with Gasteiger partial charge in [0.05, 0.1) is 6.20 Å². The summed E-state index contributed by atoms with van der Waals surface area (Å²) in [5.74, 6) is 0. The van der Waals surface area contributed by atoms with Gasteiger partial charge in [0.25, 0.3) is 0 Å². The van der Waals surface area contributed by atoms with Gasteiger partial charge in [-0.15, -0.1) is 15.3 Å². The van der Waals surface area contributed by atoms with Crippen LogP contribution in [0.15, 0.2) is 6.20 Å². The first-order valence-electron chi connectivity index (χ1n) is 4.15. The van der Waals surface area contributed by atoms with E-state index in [2.05, 4.69) is 25.1 Å². The minimum atomic E-state index is 0.908. The van der Waals surface area contributed by atoms with Crippen molar-refractivity contribution in [1.29, 1.82) is 0 Å². The third-order valence-corrected chi connectivity index (χ3v) is 3.44. The molecule has 0 atom stereocenters. The van der Waals surface area contributed by atoms with Crippen molar-refractivity contribution in [2.75, 3.05) is 13.6 Å². The quantitative estimate of drug-likeness (QED) is 0.837. The van der Waals surface area contributed by atoms with Gasteiger partial charge >= 0.3 is 0 Å². The normalized spacial score (nSPS) is 10.6. The van der Waals surface area contributed by atoms with Crippen molar-refractivity contribution in [3.8, 4) is 9.88 Å². The topological polar surface area (TPSA) is 63.6 Å². The van der Waals surface area contributed by atoms with Crippen LogP contribution in [0.1, 0.15) is 5.01 Å². The number of rotatable bonds is 4. The molecule has 0 aliphatic rings. The highest BCUT2D eigenvalue weighted by Crippen LogP contribution is 2.25. The van der Waals surface area contributed by atoms with Gasteiger partial charge in [-0.2, -0.15) is 0 Å². The average molecular weight is 227 g/mol. The molecular formula is C7H9N5S2. The number of likely N-dealkylation sites (N-methyl/N-ethyl adjacent to an activating group) is 1. The number of aromatic nitrogens is 4. The smallest absolute Gasteiger partial charge is 0.161 e. The van der Waals surface area contributed by atoms with Gasteiger partial charge in [0.1, 0.15) is 9.88 Å². The molecule has 0 bridgehead atoms. The van der Waals surface area contributed by atoms with E-state index in [0.717, 1.165) is 27.9 Å². The fourth-order valence-electron chi connectivity index (χ4n) is 0.948. The lowest BCUT2D eigenvalue weighted by Gasteiger charge is -1.91. The lowest BCUT2D eigenvalue weighted by Crippen LogP contribution is -2.09. The third kappa shape index (κ3) is 2.11. The third-order valence-electron chi connectivity index (χ3n) is 1.63. The molecule has 5 nitrogen and oxygen atoms in total. The van der Waals surface area contributed by atoms with Gasteiger partial charge < -0.3 is 5.32 Å².